The van der Waals surface area contributed by atoms with Gasteiger partial charge in [0.05, 0.1) is 5.39 Å². The molecule has 9 nitrogen and oxygen atoms in total. The van der Waals surface area contributed by atoms with Crippen LogP contribution in [-0.4, -0.2) is 56.7 Å². The Kier molecular flexibility index (Phi) is 5.96. The molecule has 33 heavy (non-hydrogen) atoms. The normalized spacial score (nSPS) is 23.0. The SMILES string of the molecule is CN(C)C1CCC(Nc2nc(Nc3ccn(C)n3)nc3sc4c(c23)CC(C(N)=O)CC4)CC1. The van der Waals surface area contributed by atoms with E-state index in [2.05, 4.69) is 34.7 Å². The first kappa shape index (κ1) is 22.1. The van der Waals surface area contributed by atoms with Gasteiger partial charge in [0, 0.05) is 42.2 Å². The van der Waals surface area contributed by atoms with Gasteiger partial charge < -0.3 is 21.3 Å². The summed E-state index contributed by atoms with van der Waals surface area (Å²) in [6.07, 6.45) is 8.77. The average Bonchev–Trinajstić information content (AvgIpc) is 3.36. The smallest absolute Gasteiger partial charge is 0.231 e. The molecule has 0 saturated heterocycles. The summed E-state index contributed by atoms with van der Waals surface area (Å²) in [7, 11) is 6.21. The molecule has 0 aliphatic heterocycles. The van der Waals surface area contributed by atoms with E-state index in [0.29, 0.717) is 30.3 Å². The molecule has 3 aromatic rings. The fourth-order valence-corrected chi connectivity index (χ4v) is 6.32. The summed E-state index contributed by atoms with van der Waals surface area (Å²) >= 11 is 1.71. The standard InChI is InChI=1S/C23H32N8OS/c1-30(2)15-7-5-14(6-8-15)25-21-19-16-12-13(20(24)32)4-9-17(16)33-22(19)28-23(27-21)26-18-10-11-31(3)29-18/h10-11,13-15H,4-9,12H2,1-3H3,(H2,24,32)(H2,25,26,27,28,29). The summed E-state index contributed by atoms with van der Waals surface area (Å²) in [5.41, 5.74) is 6.86. The van der Waals surface area contributed by atoms with Crippen LogP contribution in [0.3, 0.4) is 0 Å². The van der Waals surface area contributed by atoms with Gasteiger partial charge in [-0.15, -0.1) is 11.3 Å². The minimum Gasteiger partial charge on any atom is -0.369 e. The van der Waals surface area contributed by atoms with Crippen LogP contribution in [0.2, 0.25) is 0 Å². The summed E-state index contributed by atoms with van der Waals surface area (Å²) in [5.74, 6) is 1.77. The summed E-state index contributed by atoms with van der Waals surface area (Å²) in [4.78, 5) is 26.2. The molecule has 0 radical (unpaired) electrons. The number of carbonyl (C=O) groups is 1. The summed E-state index contributed by atoms with van der Waals surface area (Å²) < 4.78 is 1.75. The maximum atomic E-state index is 11.9. The Balaban J connectivity index is 1.49. The lowest BCUT2D eigenvalue weighted by molar-refractivity contribution is -0.122. The highest BCUT2D eigenvalue weighted by Crippen LogP contribution is 2.41. The van der Waals surface area contributed by atoms with Crippen molar-refractivity contribution in [3.05, 3.63) is 22.7 Å². The van der Waals surface area contributed by atoms with Gasteiger partial charge in [-0.2, -0.15) is 10.1 Å². The summed E-state index contributed by atoms with van der Waals surface area (Å²) in [5, 5.41) is 12.5. The molecule has 176 valence electrons. The van der Waals surface area contributed by atoms with Crippen LogP contribution < -0.4 is 16.4 Å². The lowest BCUT2D eigenvalue weighted by Crippen LogP contribution is -2.36. The van der Waals surface area contributed by atoms with Crippen LogP contribution in [0.1, 0.15) is 42.5 Å². The highest BCUT2D eigenvalue weighted by molar-refractivity contribution is 7.19. The average molecular weight is 469 g/mol. The van der Waals surface area contributed by atoms with Gasteiger partial charge in [-0.3, -0.25) is 9.48 Å². The topological polar surface area (TPSA) is 114 Å². The number of hydrogen-bond donors (Lipinski definition) is 3. The van der Waals surface area contributed by atoms with E-state index in [1.807, 2.05) is 19.3 Å². The number of aromatic nitrogens is 4. The van der Waals surface area contributed by atoms with E-state index >= 15 is 0 Å². The third kappa shape index (κ3) is 4.54. The Labute approximate surface area is 197 Å². The van der Waals surface area contributed by atoms with Crippen molar-refractivity contribution in [2.75, 3.05) is 24.7 Å². The van der Waals surface area contributed by atoms with Crippen molar-refractivity contribution in [3.8, 4) is 0 Å². The molecule has 5 rings (SSSR count). The highest BCUT2D eigenvalue weighted by atomic mass is 32.1. The van der Waals surface area contributed by atoms with E-state index < -0.39 is 0 Å². The molecule has 1 unspecified atom stereocenters. The monoisotopic (exact) mass is 468 g/mol. The largest absolute Gasteiger partial charge is 0.369 e. The van der Waals surface area contributed by atoms with Crippen LogP contribution in [0.5, 0.6) is 0 Å². The number of nitrogens with one attached hydrogen (secondary N) is 2. The quantitative estimate of drug-likeness (QED) is 0.509. The van der Waals surface area contributed by atoms with Crippen molar-refractivity contribution in [3.63, 3.8) is 0 Å². The fourth-order valence-electron chi connectivity index (χ4n) is 5.10. The molecule has 2 aliphatic carbocycles. The van der Waals surface area contributed by atoms with Crippen LogP contribution in [0.25, 0.3) is 10.2 Å². The number of amides is 1. The maximum absolute atomic E-state index is 11.9. The predicted octanol–water partition coefficient (Wildman–Crippen LogP) is 3.04. The first-order valence-corrected chi connectivity index (χ1v) is 12.5. The second-order valence-electron chi connectivity index (χ2n) is 9.53. The molecule has 10 heteroatoms. The second-order valence-corrected chi connectivity index (χ2v) is 10.6. The van der Waals surface area contributed by atoms with Crippen LogP contribution in [0.4, 0.5) is 17.6 Å². The molecule has 0 bridgehead atoms. The Morgan fingerprint density at radius 1 is 1.21 bits per heavy atom. The zero-order valence-corrected chi connectivity index (χ0v) is 20.3. The van der Waals surface area contributed by atoms with E-state index in [1.165, 1.54) is 23.3 Å². The van der Waals surface area contributed by atoms with Gasteiger partial charge in [0.25, 0.3) is 0 Å². The molecular formula is C23H32N8OS. The molecule has 1 atom stereocenters. The number of nitrogens with zero attached hydrogens (tertiary/aromatic N) is 5. The van der Waals surface area contributed by atoms with Crippen molar-refractivity contribution < 1.29 is 4.79 Å². The predicted molar refractivity (Wildman–Crippen MR) is 132 cm³/mol. The molecule has 1 fully saturated rings. The minimum absolute atomic E-state index is 0.120. The first-order valence-electron chi connectivity index (χ1n) is 11.7. The van der Waals surface area contributed by atoms with Crippen molar-refractivity contribution in [1.82, 2.24) is 24.6 Å². The molecule has 0 spiro atoms. The molecule has 1 amide bonds. The summed E-state index contributed by atoms with van der Waals surface area (Å²) in [6, 6.07) is 2.91. The number of nitrogens with two attached hydrogens (primary N) is 1. The number of aryl methyl sites for hydroxylation is 2. The van der Waals surface area contributed by atoms with E-state index in [1.54, 1.807) is 16.0 Å². The lowest BCUT2D eigenvalue weighted by Gasteiger charge is -2.33. The third-order valence-corrected chi connectivity index (χ3v) is 8.21. The van der Waals surface area contributed by atoms with Gasteiger partial charge in [-0.05, 0) is 64.6 Å². The van der Waals surface area contributed by atoms with E-state index in [4.69, 9.17) is 15.7 Å². The van der Waals surface area contributed by atoms with E-state index in [-0.39, 0.29) is 11.8 Å². The first-order chi connectivity index (χ1) is 15.9. The zero-order valence-electron chi connectivity index (χ0n) is 19.5. The molecule has 3 aromatic heterocycles. The Morgan fingerprint density at radius 2 is 2.00 bits per heavy atom. The number of thiophene rings is 1. The van der Waals surface area contributed by atoms with E-state index in [0.717, 1.165) is 41.7 Å². The Bertz CT molecular complexity index is 1160. The molecule has 3 heterocycles. The van der Waals surface area contributed by atoms with Crippen LogP contribution >= 0.6 is 11.3 Å². The third-order valence-electron chi connectivity index (χ3n) is 7.03. The highest BCUT2D eigenvalue weighted by Gasteiger charge is 2.30. The molecule has 1 saturated carbocycles. The van der Waals surface area contributed by atoms with Gasteiger partial charge >= 0.3 is 0 Å². The minimum atomic E-state index is -0.217. The van der Waals surface area contributed by atoms with E-state index in [9.17, 15) is 4.79 Å². The van der Waals surface area contributed by atoms with Crippen molar-refractivity contribution in [1.29, 1.82) is 0 Å². The number of carbonyl (C=O) groups excluding carboxylic acids is 1. The maximum Gasteiger partial charge on any atom is 0.231 e. The second kappa shape index (κ2) is 8.90. The Morgan fingerprint density at radius 3 is 2.67 bits per heavy atom. The number of rotatable bonds is 6. The van der Waals surface area contributed by atoms with Crippen LogP contribution in [0, 0.1) is 5.92 Å². The van der Waals surface area contributed by atoms with Gasteiger partial charge in [-0.25, -0.2) is 4.98 Å². The van der Waals surface area contributed by atoms with Crippen LogP contribution in [-0.2, 0) is 24.7 Å². The summed E-state index contributed by atoms with van der Waals surface area (Å²) in [6.45, 7) is 0. The van der Waals surface area contributed by atoms with Crippen LogP contribution in [0.15, 0.2) is 12.3 Å². The lowest BCUT2D eigenvalue weighted by atomic mass is 9.86. The number of primary amides is 1. The van der Waals surface area contributed by atoms with Crippen molar-refractivity contribution >= 4 is 45.0 Å². The van der Waals surface area contributed by atoms with Gasteiger partial charge in [0.1, 0.15) is 10.6 Å². The fraction of sp³-hybridized carbons (Fsp3) is 0.565. The molecule has 4 N–H and O–H groups in total. The van der Waals surface area contributed by atoms with Gasteiger partial charge in [0.2, 0.25) is 11.9 Å². The zero-order chi connectivity index (χ0) is 23.1. The van der Waals surface area contributed by atoms with Crippen molar-refractivity contribution in [2.24, 2.45) is 18.7 Å². The number of hydrogen-bond acceptors (Lipinski definition) is 8. The molecule has 2 aliphatic rings. The number of anilines is 3. The van der Waals surface area contributed by atoms with Crippen molar-refractivity contribution in [2.45, 2.75) is 57.0 Å². The van der Waals surface area contributed by atoms with Gasteiger partial charge in [0.15, 0.2) is 5.82 Å². The Hall–Kier alpha value is -2.72. The molecular weight excluding hydrogens is 436 g/mol. The molecule has 0 aromatic carbocycles. The number of fused-ring (bicyclic) bond motifs is 3. The van der Waals surface area contributed by atoms with Gasteiger partial charge in [-0.1, -0.05) is 0 Å².